The van der Waals surface area contributed by atoms with Gasteiger partial charge in [-0.3, -0.25) is 14.4 Å². The molecule has 0 bridgehead atoms. The van der Waals surface area contributed by atoms with E-state index in [2.05, 4.69) is 79.6 Å². The van der Waals surface area contributed by atoms with Crippen molar-refractivity contribution in [2.45, 2.75) is 121 Å². The summed E-state index contributed by atoms with van der Waals surface area (Å²) in [5.41, 5.74) is 4.92. The molecule has 6 aliphatic rings. The van der Waals surface area contributed by atoms with Gasteiger partial charge in [0, 0.05) is 73.6 Å². The minimum absolute atomic E-state index is 0.0317. The molecule has 2 aromatic heterocycles. The first-order valence-electron chi connectivity index (χ1n) is 29.1. The van der Waals surface area contributed by atoms with E-state index in [4.69, 9.17) is 41.0 Å². The Kier molecular flexibility index (Phi) is 16.8. The van der Waals surface area contributed by atoms with Crippen LogP contribution in [0.4, 0.5) is 34.6 Å². The second-order valence-corrected chi connectivity index (χ2v) is 23.1. The van der Waals surface area contributed by atoms with Crippen molar-refractivity contribution < 1.29 is 23.9 Å². The Hall–Kier alpha value is -7.27. The SMILES string of the molecule is C/C=C(\COc1cc(C(=O)NC2CCN(C)CC2)ccc1Nc1ncc2c(n1)N(C1CCCC1)[C@H](CC)C(=O)N2C)C(=O)N1CCN(c2nc(OC[C@@H]3CCCN3C)nc3c2CCN(c2cccc4cccc(Cl)c24)C3)C[C@@H]1CC#N. The van der Waals surface area contributed by atoms with Crippen molar-refractivity contribution in [1.82, 2.24) is 40.0 Å². The molecule has 3 saturated heterocycles. The number of allylic oxidation sites excluding steroid dienone is 1. The number of rotatable bonds is 16. The average Bonchev–Trinajstić information content (AvgIpc) is 4.28. The highest BCUT2D eigenvalue weighted by atomic mass is 35.5. The zero-order chi connectivity index (χ0) is 56.3. The standard InChI is InChI=1S/C61H75ClN14O5/c1-6-39(37-80-53-33-41(57(77)65-42-23-28-70(3)29-24-42)20-21-48(53)66-60-64-34-52-56(68-60)76(43-15-8-9-16-43)50(7-2)59(79)72(52)5)58(78)75-32-31-74(35-44(75)22-26-63)55-46-25-30-73(51-19-11-14-40-13-10-18-47(62)54(40)51)36-49(46)67-61(69-55)81-38-45-17-12-27-71(45)4/h6,10-11,13-14,18-21,33-34,42-45,50H,7-9,12,15-17,22-25,27-32,35-38H2,1-5H3,(H,65,77)(H,64,66,68)/b39-6+/t44-,45-,50+/m0/s1. The number of carbonyl (C=O) groups excluding carboxylic acids is 3. The van der Waals surface area contributed by atoms with Crippen LogP contribution in [0.2, 0.25) is 5.02 Å². The summed E-state index contributed by atoms with van der Waals surface area (Å²) in [4.78, 5) is 77.3. The zero-order valence-electron chi connectivity index (χ0n) is 47.4. The number of nitrogens with zero attached hydrogens (tertiary/aromatic N) is 12. The quantitative estimate of drug-likeness (QED) is 0.0900. The van der Waals surface area contributed by atoms with Gasteiger partial charge >= 0.3 is 6.01 Å². The number of piperazine rings is 1. The number of likely N-dealkylation sites (tertiary alicyclic amines) is 2. The summed E-state index contributed by atoms with van der Waals surface area (Å²) in [7, 11) is 5.99. The maximum atomic E-state index is 14.9. The Balaban J connectivity index is 0.842. The van der Waals surface area contributed by atoms with E-state index in [1.165, 1.54) is 0 Å². The molecular weight excluding hydrogens is 1040 g/mol. The summed E-state index contributed by atoms with van der Waals surface area (Å²) in [6.45, 7) is 9.43. The molecule has 81 heavy (non-hydrogen) atoms. The van der Waals surface area contributed by atoms with Crippen molar-refractivity contribution in [3.8, 4) is 17.8 Å². The molecule has 4 fully saturated rings. The van der Waals surface area contributed by atoms with E-state index >= 15 is 0 Å². The monoisotopic (exact) mass is 1120 g/mol. The van der Waals surface area contributed by atoms with Crippen LogP contribution in [-0.4, -0.2) is 163 Å². The summed E-state index contributed by atoms with van der Waals surface area (Å²) >= 11 is 6.85. The molecule has 5 aliphatic heterocycles. The number of fused-ring (bicyclic) bond motifs is 3. The van der Waals surface area contributed by atoms with Crippen molar-refractivity contribution in [2.75, 3.05) is 105 Å². The number of hydrogen-bond acceptors (Lipinski definition) is 16. The number of likely N-dealkylation sites (N-methyl/N-ethyl adjacent to an activating group) is 2. The molecule has 1 saturated carbocycles. The molecule has 2 N–H and O–H groups in total. The van der Waals surface area contributed by atoms with Gasteiger partial charge in [-0.1, -0.05) is 61.7 Å². The lowest BCUT2D eigenvalue weighted by Crippen LogP contribution is -2.56. The molecule has 5 aromatic rings. The third-order valence-corrected chi connectivity index (χ3v) is 17.9. The first kappa shape index (κ1) is 55.6. The van der Waals surface area contributed by atoms with Crippen LogP contribution in [0.1, 0.15) is 99.7 Å². The van der Waals surface area contributed by atoms with Crippen molar-refractivity contribution in [2.24, 2.45) is 0 Å². The fraction of sp³-hybridized carbons (Fsp3) is 0.508. The van der Waals surface area contributed by atoms with E-state index in [1.807, 2.05) is 26.0 Å². The smallest absolute Gasteiger partial charge is 0.318 e. The molecule has 3 aromatic carbocycles. The number of anilines is 6. The molecule has 3 amide bonds. The van der Waals surface area contributed by atoms with Crippen molar-refractivity contribution in [1.29, 1.82) is 5.26 Å². The third-order valence-electron chi connectivity index (χ3n) is 17.6. The Bertz CT molecular complexity index is 3220. The number of ether oxygens (including phenoxy) is 2. The molecule has 3 atom stereocenters. The third kappa shape index (κ3) is 11.6. The van der Waals surface area contributed by atoms with Gasteiger partial charge in [-0.05, 0) is 128 Å². The summed E-state index contributed by atoms with van der Waals surface area (Å²) in [5.74, 6) is 1.69. The first-order chi connectivity index (χ1) is 39.4. The van der Waals surface area contributed by atoms with Crippen LogP contribution >= 0.6 is 11.6 Å². The average molecular weight is 1120 g/mol. The van der Waals surface area contributed by atoms with E-state index in [0.29, 0.717) is 103 Å². The largest absolute Gasteiger partial charge is 0.487 e. The van der Waals surface area contributed by atoms with Crippen LogP contribution < -0.4 is 39.7 Å². The predicted molar refractivity (Wildman–Crippen MR) is 316 cm³/mol. The van der Waals surface area contributed by atoms with Gasteiger partial charge in [0.15, 0.2) is 5.82 Å². The zero-order valence-corrected chi connectivity index (χ0v) is 48.1. The summed E-state index contributed by atoms with van der Waals surface area (Å²) in [6.07, 6.45) is 12.9. The highest BCUT2D eigenvalue weighted by Gasteiger charge is 2.42. The minimum Gasteiger partial charge on any atom is -0.487 e. The van der Waals surface area contributed by atoms with Gasteiger partial charge in [-0.2, -0.15) is 20.2 Å². The highest BCUT2D eigenvalue weighted by Crippen LogP contribution is 2.42. The van der Waals surface area contributed by atoms with Crippen LogP contribution in [0.25, 0.3) is 10.8 Å². The van der Waals surface area contributed by atoms with E-state index in [9.17, 15) is 19.6 Å². The van der Waals surface area contributed by atoms with Gasteiger partial charge < -0.3 is 54.4 Å². The van der Waals surface area contributed by atoms with Gasteiger partial charge in [-0.15, -0.1) is 0 Å². The van der Waals surface area contributed by atoms with Gasteiger partial charge in [0.1, 0.15) is 36.5 Å². The first-order valence-corrected chi connectivity index (χ1v) is 29.5. The second-order valence-electron chi connectivity index (χ2n) is 22.6. The molecule has 0 radical (unpaired) electrons. The lowest BCUT2D eigenvalue weighted by Gasteiger charge is -2.43. The van der Waals surface area contributed by atoms with E-state index in [1.54, 1.807) is 47.3 Å². The number of amides is 3. The normalized spacial score (nSPS) is 21.3. The van der Waals surface area contributed by atoms with Crippen LogP contribution in [0.15, 0.2) is 72.4 Å². The minimum atomic E-state index is -0.471. The van der Waals surface area contributed by atoms with Crippen molar-refractivity contribution in [3.05, 3.63) is 94.3 Å². The number of carbonyl (C=O) groups is 3. The Morgan fingerprint density at radius 2 is 1.67 bits per heavy atom. The van der Waals surface area contributed by atoms with E-state index in [-0.39, 0.29) is 54.9 Å². The molecule has 19 nitrogen and oxygen atoms in total. The summed E-state index contributed by atoms with van der Waals surface area (Å²) in [5, 5.41) is 19.7. The summed E-state index contributed by atoms with van der Waals surface area (Å²) in [6, 6.07) is 19.9. The molecule has 20 heteroatoms. The Morgan fingerprint density at radius 1 is 0.864 bits per heavy atom. The van der Waals surface area contributed by atoms with Gasteiger partial charge in [-0.25, -0.2) is 4.98 Å². The van der Waals surface area contributed by atoms with Crippen LogP contribution in [0.3, 0.4) is 0 Å². The number of hydrogen-bond donors (Lipinski definition) is 2. The Morgan fingerprint density at radius 3 is 2.42 bits per heavy atom. The molecular formula is C61H75ClN14O5. The van der Waals surface area contributed by atoms with Crippen molar-refractivity contribution >= 4 is 74.7 Å². The number of piperidine rings is 1. The molecule has 11 rings (SSSR count). The number of nitriles is 1. The maximum Gasteiger partial charge on any atom is 0.318 e. The van der Waals surface area contributed by atoms with E-state index in [0.717, 1.165) is 105 Å². The molecule has 7 heterocycles. The number of benzene rings is 3. The molecule has 426 valence electrons. The lowest BCUT2D eigenvalue weighted by molar-refractivity contribution is -0.130. The van der Waals surface area contributed by atoms with Gasteiger partial charge in [0.2, 0.25) is 11.9 Å². The number of aromatic nitrogens is 4. The molecule has 1 aliphatic carbocycles. The van der Waals surface area contributed by atoms with Gasteiger partial charge in [0.25, 0.3) is 11.8 Å². The van der Waals surface area contributed by atoms with Crippen molar-refractivity contribution in [3.63, 3.8) is 0 Å². The van der Waals surface area contributed by atoms with Crippen LogP contribution in [0, 0.1) is 11.3 Å². The number of halogens is 1. The lowest BCUT2D eigenvalue weighted by atomic mass is 10.0. The predicted octanol–water partition coefficient (Wildman–Crippen LogP) is 8.14. The maximum absolute atomic E-state index is 14.9. The van der Waals surface area contributed by atoms with Gasteiger partial charge in [0.05, 0.1) is 53.3 Å². The van der Waals surface area contributed by atoms with E-state index < -0.39 is 6.04 Å². The molecule has 0 unspecified atom stereocenters. The second kappa shape index (κ2) is 24.4. The number of nitrogens with one attached hydrogen (secondary N) is 2. The highest BCUT2D eigenvalue weighted by molar-refractivity contribution is 6.36. The fourth-order valence-electron chi connectivity index (χ4n) is 12.9. The Labute approximate surface area is 480 Å². The molecule has 0 spiro atoms. The van der Waals surface area contributed by atoms with Crippen LogP contribution in [0.5, 0.6) is 11.8 Å². The topological polar surface area (TPSA) is 192 Å². The summed E-state index contributed by atoms with van der Waals surface area (Å²) < 4.78 is 13.1. The van der Waals surface area contributed by atoms with Crippen LogP contribution in [-0.2, 0) is 22.6 Å². The fourth-order valence-corrected chi connectivity index (χ4v) is 13.2.